The van der Waals surface area contributed by atoms with Gasteiger partial charge >= 0.3 is 6.18 Å². The maximum Gasteiger partial charge on any atom is 0.390 e. The van der Waals surface area contributed by atoms with Gasteiger partial charge in [-0.25, -0.2) is 4.98 Å². The molecule has 1 aromatic heterocycles. The van der Waals surface area contributed by atoms with Gasteiger partial charge in [-0.1, -0.05) is 0 Å². The topological polar surface area (TPSA) is 38.9 Å². The Kier molecular flexibility index (Phi) is 2.69. The molecule has 0 radical (unpaired) electrons. The predicted octanol–water partition coefficient (Wildman–Crippen LogP) is 2.10. The minimum Gasteiger partial charge on any atom is -0.322 e. The summed E-state index contributed by atoms with van der Waals surface area (Å²) in [5.41, 5.74) is 7.02. The van der Waals surface area contributed by atoms with Crippen LogP contribution in [-0.2, 0) is 0 Å². The quantitative estimate of drug-likeness (QED) is 0.786. The second kappa shape index (κ2) is 3.40. The Morgan fingerprint density at radius 2 is 2.25 bits per heavy atom. The third kappa shape index (κ3) is 2.78. The molecule has 0 unspecified atom stereocenters. The number of hydrogen-bond donors (Lipinski definition) is 1. The van der Waals surface area contributed by atoms with E-state index in [9.17, 15) is 13.2 Å². The van der Waals surface area contributed by atoms with Gasteiger partial charge in [-0.2, -0.15) is 13.2 Å². The number of nitrogens with two attached hydrogens (primary N) is 1. The summed E-state index contributed by atoms with van der Waals surface area (Å²) in [7, 11) is 0. The van der Waals surface area contributed by atoms with Crippen LogP contribution in [0.1, 0.15) is 18.2 Å². The van der Waals surface area contributed by atoms with E-state index in [1.165, 1.54) is 22.2 Å². The van der Waals surface area contributed by atoms with Crippen LogP contribution in [0.25, 0.3) is 0 Å². The van der Waals surface area contributed by atoms with Crippen molar-refractivity contribution in [1.29, 1.82) is 0 Å². The molecule has 2 nitrogen and oxygen atoms in total. The van der Waals surface area contributed by atoms with Crippen molar-refractivity contribution in [3.05, 3.63) is 16.6 Å². The summed E-state index contributed by atoms with van der Waals surface area (Å²) < 4.78 is 35.4. The SMILES string of the molecule is N[C@H](CC(F)(F)F)c1cscn1. The van der Waals surface area contributed by atoms with Gasteiger partial charge < -0.3 is 5.73 Å². The number of nitrogens with zero attached hydrogens (tertiary/aromatic N) is 1. The lowest BCUT2D eigenvalue weighted by Crippen LogP contribution is -2.20. The summed E-state index contributed by atoms with van der Waals surface area (Å²) >= 11 is 1.24. The van der Waals surface area contributed by atoms with Crippen molar-refractivity contribution in [3.8, 4) is 0 Å². The second-order valence-corrected chi connectivity index (χ2v) is 3.06. The second-order valence-electron chi connectivity index (χ2n) is 2.34. The molecular formula is C6H7F3N2S. The first-order valence-corrected chi connectivity index (χ1v) is 4.14. The third-order valence-electron chi connectivity index (χ3n) is 1.28. The molecule has 0 aliphatic heterocycles. The number of halogens is 3. The van der Waals surface area contributed by atoms with Gasteiger partial charge in [0.1, 0.15) is 0 Å². The first kappa shape index (κ1) is 9.47. The molecule has 2 N–H and O–H groups in total. The summed E-state index contributed by atoms with van der Waals surface area (Å²) in [5, 5.41) is 1.52. The number of hydrogen-bond acceptors (Lipinski definition) is 3. The first-order chi connectivity index (χ1) is 5.49. The predicted molar refractivity (Wildman–Crippen MR) is 39.7 cm³/mol. The van der Waals surface area contributed by atoms with Crippen molar-refractivity contribution in [2.24, 2.45) is 5.73 Å². The summed E-state index contributed by atoms with van der Waals surface area (Å²) in [6.45, 7) is 0. The van der Waals surface area contributed by atoms with E-state index >= 15 is 0 Å². The van der Waals surface area contributed by atoms with Crippen LogP contribution in [0.5, 0.6) is 0 Å². The molecular weight excluding hydrogens is 189 g/mol. The fourth-order valence-electron chi connectivity index (χ4n) is 0.759. The molecule has 0 aliphatic carbocycles. The molecule has 0 amide bonds. The number of alkyl halides is 3. The average Bonchev–Trinajstić information content (AvgIpc) is 2.32. The Balaban J connectivity index is 2.56. The zero-order chi connectivity index (χ0) is 9.19. The highest BCUT2D eigenvalue weighted by Gasteiger charge is 2.31. The molecule has 1 heterocycles. The van der Waals surface area contributed by atoms with Crippen LogP contribution in [-0.4, -0.2) is 11.2 Å². The van der Waals surface area contributed by atoms with E-state index < -0.39 is 18.6 Å². The van der Waals surface area contributed by atoms with E-state index in [0.717, 1.165) is 0 Å². The smallest absolute Gasteiger partial charge is 0.322 e. The van der Waals surface area contributed by atoms with Crippen LogP contribution in [0.3, 0.4) is 0 Å². The highest BCUT2D eigenvalue weighted by Crippen LogP contribution is 2.27. The number of aromatic nitrogens is 1. The third-order valence-corrected chi connectivity index (χ3v) is 1.89. The van der Waals surface area contributed by atoms with Crippen molar-refractivity contribution in [2.75, 3.05) is 0 Å². The molecule has 0 aromatic carbocycles. The Labute approximate surface area is 71.2 Å². The fourth-order valence-corrected chi connectivity index (χ4v) is 1.38. The van der Waals surface area contributed by atoms with Gasteiger partial charge in [-0.15, -0.1) is 11.3 Å². The molecule has 1 rings (SSSR count). The Hall–Kier alpha value is -0.620. The minimum atomic E-state index is -4.22. The van der Waals surface area contributed by atoms with E-state index in [1.54, 1.807) is 0 Å². The zero-order valence-corrected chi connectivity index (χ0v) is 6.82. The first-order valence-electron chi connectivity index (χ1n) is 3.19. The normalized spacial score (nSPS) is 14.7. The van der Waals surface area contributed by atoms with E-state index in [-0.39, 0.29) is 0 Å². The molecule has 0 bridgehead atoms. The van der Waals surface area contributed by atoms with Crippen LogP contribution in [0.4, 0.5) is 13.2 Å². The molecule has 6 heteroatoms. The summed E-state index contributed by atoms with van der Waals surface area (Å²) in [4.78, 5) is 3.69. The van der Waals surface area contributed by atoms with Crippen LogP contribution in [0.15, 0.2) is 10.9 Å². The van der Waals surface area contributed by atoms with Gasteiger partial charge in [0.05, 0.1) is 23.7 Å². The van der Waals surface area contributed by atoms with Crippen LogP contribution in [0.2, 0.25) is 0 Å². The average molecular weight is 196 g/mol. The molecule has 0 spiro atoms. The van der Waals surface area contributed by atoms with Crippen LogP contribution in [0, 0.1) is 0 Å². The summed E-state index contributed by atoms with van der Waals surface area (Å²) in [6.07, 6.45) is -5.24. The molecule has 68 valence electrons. The Morgan fingerprint density at radius 3 is 2.67 bits per heavy atom. The van der Waals surface area contributed by atoms with E-state index in [2.05, 4.69) is 4.98 Å². The minimum absolute atomic E-state index is 0.303. The number of thiazole rings is 1. The highest BCUT2D eigenvalue weighted by atomic mass is 32.1. The monoisotopic (exact) mass is 196 g/mol. The van der Waals surface area contributed by atoms with Crippen molar-refractivity contribution in [2.45, 2.75) is 18.6 Å². The Bertz CT molecular complexity index is 231. The highest BCUT2D eigenvalue weighted by molar-refractivity contribution is 7.07. The standard InChI is InChI=1S/C6H7F3N2S/c7-6(8,9)1-4(10)5-2-12-3-11-5/h2-4H,1,10H2/t4-/m1/s1. The van der Waals surface area contributed by atoms with Gasteiger partial charge in [0.2, 0.25) is 0 Å². The van der Waals surface area contributed by atoms with E-state index in [0.29, 0.717) is 5.69 Å². The molecule has 12 heavy (non-hydrogen) atoms. The maximum atomic E-state index is 11.8. The van der Waals surface area contributed by atoms with Gasteiger partial charge in [0.15, 0.2) is 0 Å². The van der Waals surface area contributed by atoms with E-state index in [1.807, 2.05) is 0 Å². The van der Waals surface area contributed by atoms with Gasteiger partial charge in [-0.3, -0.25) is 0 Å². The van der Waals surface area contributed by atoms with Crippen molar-refractivity contribution >= 4 is 11.3 Å². The summed E-state index contributed by atoms with van der Waals surface area (Å²) in [5.74, 6) is 0. The number of rotatable bonds is 2. The molecule has 0 saturated carbocycles. The molecule has 0 saturated heterocycles. The molecule has 1 atom stereocenters. The fraction of sp³-hybridized carbons (Fsp3) is 0.500. The molecule has 1 aromatic rings. The lowest BCUT2D eigenvalue weighted by Gasteiger charge is -2.11. The van der Waals surface area contributed by atoms with Gasteiger partial charge in [-0.05, 0) is 0 Å². The zero-order valence-electron chi connectivity index (χ0n) is 6.01. The van der Waals surface area contributed by atoms with Crippen LogP contribution < -0.4 is 5.73 Å². The van der Waals surface area contributed by atoms with Crippen molar-refractivity contribution < 1.29 is 13.2 Å². The van der Waals surface area contributed by atoms with E-state index in [4.69, 9.17) is 5.73 Å². The van der Waals surface area contributed by atoms with Crippen molar-refractivity contribution in [3.63, 3.8) is 0 Å². The molecule has 0 fully saturated rings. The van der Waals surface area contributed by atoms with Crippen molar-refractivity contribution in [1.82, 2.24) is 4.98 Å². The summed E-state index contributed by atoms with van der Waals surface area (Å²) in [6, 6.07) is -1.03. The van der Waals surface area contributed by atoms with Gasteiger partial charge in [0, 0.05) is 5.38 Å². The largest absolute Gasteiger partial charge is 0.390 e. The lowest BCUT2D eigenvalue weighted by molar-refractivity contribution is -0.138. The molecule has 0 aliphatic rings. The maximum absolute atomic E-state index is 11.8. The lowest BCUT2D eigenvalue weighted by atomic mass is 10.2. The Morgan fingerprint density at radius 1 is 1.58 bits per heavy atom. The van der Waals surface area contributed by atoms with Gasteiger partial charge in [0.25, 0.3) is 0 Å². The van der Waals surface area contributed by atoms with Crippen LogP contribution >= 0.6 is 11.3 Å².